The highest BCUT2D eigenvalue weighted by Crippen LogP contribution is 2.40. The number of carbonyl (C=O) groups excluding carboxylic acids is 1. The van der Waals surface area contributed by atoms with Crippen molar-refractivity contribution in [2.45, 2.75) is 38.1 Å². The number of halogens is 1. The number of nitrogens with zero attached hydrogens (tertiary/aromatic N) is 3. The van der Waals surface area contributed by atoms with Gasteiger partial charge in [0, 0.05) is 5.92 Å². The summed E-state index contributed by atoms with van der Waals surface area (Å²) in [4.78, 5) is 27.8. The van der Waals surface area contributed by atoms with Crippen molar-refractivity contribution >= 4 is 23.5 Å². The molecule has 126 valence electrons. The van der Waals surface area contributed by atoms with Gasteiger partial charge in [0.25, 0.3) is 5.91 Å². The van der Waals surface area contributed by atoms with Crippen molar-refractivity contribution in [1.29, 1.82) is 0 Å². The second-order valence-electron chi connectivity index (χ2n) is 6.32. The monoisotopic (exact) mass is 348 g/mol. The Labute approximate surface area is 143 Å². The number of aliphatic carboxylic acids is 1. The molecule has 7 nitrogen and oxygen atoms in total. The topological polar surface area (TPSA) is 97.1 Å². The van der Waals surface area contributed by atoms with Crippen molar-refractivity contribution in [1.82, 2.24) is 20.1 Å². The molecule has 0 bridgehead atoms. The fourth-order valence-electron chi connectivity index (χ4n) is 2.22. The molecule has 0 aliphatic heterocycles. The standard InChI is InChI=1S/C16H17ClN4O3/c1-16(2,15(23)24)19-14(22)12-18-13(9-7-8-9)21(20-12)11-6-4-3-5-10(11)17/h3-6,9H,7-8H2,1-2H3,(H,19,22)(H,23,24). The van der Waals surface area contributed by atoms with Gasteiger partial charge in [-0.3, -0.25) is 4.79 Å². The summed E-state index contributed by atoms with van der Waals surface area (Å²) in [7, 11) is 0. The van der Waals surface area contributed by atoms with Gasteiger partial charge in [-0.15, -0.1) is 5.10 Å². The Morgan fingerprint density at radius 2 is 2.00 bits per heavy atom. The summed E-state index contributed by atoms with van der Waals surface area (Å²) in [5, 5.41) is 16.3. The van der Waals surface area contributed by atoms with Gasteiger partial charge in [0.2, 0.25) is 5.82 Å². The summed E-state index contributed by atoms with van der Waals surface area (Å²) < 4.78 is 1.57. The van der Waals surface area contributed by atoms with Gasteiger partial charge in [0.1, 0.15) is 11.4 Å². The average Bonchev–Trinajstić information content (AvgIpc) is 3.26. The molecule has 0 spiro atoms. The first-order valence-electron chi connectivity index (χ1n) is 7.57. The van der Waals surface area contributed by atoms with Gasteiger partial charge >= 0.3 is 5.97 Å². The molecule has 1 aromatic carbocycles. The van der Waals surface area contributed by atoms with E-state index < -0.39 is 17.4 Å². The molecule has 2 N–H and O–H groups in total. The van der Waals surface area contributed by atoms with Gasteiger partial charge in [-0.2, -0.15) is 0 Å². The number of carboxylic acid groups (broad SMARTS) is 1. The molecule has 1 aliphatic carbocycles. The van der Waals surface area contributed by atoms with E-state index in [0.29, 0.717) is 16.5 Å². The number of para-hydroxylation sites is 1. The summed E-state index contributed by atoms with van der Waals surface area (Å²) in [6.45, 7) is 2.81. The summed E-state index contributed by atoms with van der Waals surface area (Å²) in [5.41, 5.74) is -0.766. The lowest BCUT2D eigenvalue weighted by atomic mass is 10.1. The zero-order valence-electron chi connectivity index (χ0n) is 13.3. The average molecular weight is 349 g/mol. The van der Waals surface area contributed by atoms with Crippen LogP contribution in [0.2, 0.25) is 5.02 Å². The van der Waals surface area contributed by atoms with E-state index in [0.717, 1.165) is 12.8 Å². The lowest BCUT2D eigenvalue weighted by Crippen LogP contribution is -2.49. The van der Waals surface area contributed by atoms with Crippen LogP contribution in [0.25, 0.3) is 5.69 Å². The first-order valence-corrected chi connectivity index (χ1v) is 7.95. The number of amides is 1. The molecule has 0 saturated heterocycles. The predicted octanol–water partition coefficient (Wildman–Crippen LogP) is 2.39. The van der Waals surface area contributed by atoms with Crippen LogP contribution in [0.3, 0.4) is 0 Å². The van der Waals surface area contributed by atoms with E-state index in [1.54, 1.807) is 16.8 Å². The van der Waals surface area contributed by atoms with Crippen molar-refractivity contribution in [3.8, 4) is 5.69 Å². The van der Waals surface area contributed by atoms with Crippen LogP contribution < -0.4 is 5.32 Å². The number of nitrogens with one attached hydrogen (secondary N) is 1. The lowest BCUT2D eigenvalue weighted by Gasteiger charge is -2.19. The Kier molecular flexibility index (Phi) is 4.04. The largest absolute Gasteiger partial charge is 0.480 e. The first kappa shape index (κ1) is 16.4. The molecule has 1 fully saturated rings. The molecule has 0 unspecified atom stereocenters. The molecular formula is C16H17ClN4O3. The smallest absolute Gasteiger partial charge is 0.328 e. The molecule has 2 aromatic rings. The molecule has 3 rings (SSSR count). The van der Waals surface area contributed by atoms with Gasteiger partial charge in [0.05, 0.1) is 10.7 Å². The van der Waals surface area contributed by atoms with Crippen LogP contribution in [0.15, 0.2) is 24.3 Å². The highest BCUT2D eigenvalue weighted by molar-refractivity contribution is 6.32. The van der Waals surface area contributed by atoms with Crippen molar-refractivity contribution in [2.24, 2.45) is 0 Å². The van der Waals surface area contributed by atoms with E-state index in [-0.39, 0.29) is 11.7 Å². The quantitative estimate of drug-likeness (QED) is 0.864. The maximum atomic E-state index is 12.3. The number of rotatable bonds is 5. The van der Waals surface area contributed by atoms with Gasteiger partial charge in [-0.25, -0.2) is 14.5 Å². The van der Waals surface area contributed by atoms with Crippen molar-refractivity contribution in [2.75, 3.05) is 0 Å². The van der Waals surface area contributed by atoms with E-state index in [2.05, 4.69) is 15.4 Å². The maximum Gasteiger partial charge on any atom is 0.328 e. The molecule has 1 aromatic heterocycles. The molecule has 8 heteroatoms. The SMILES string of the molecule is CC(C)(NC(=O)c1nc(C2CC2)n(-c2ccccc2Cl)n1)C(=O)O. The molecule has 1 heterocycles. The van der Waals surface area contributed by atoms with E-state index in [1.165, 1.54) is 13.8 Å². The molecule has 1 amide bonds. The zero-order valence-corrected chi connectivity index (χ0v) is 14.0. The Balaban J connectivity index is 1.97. The molecular weight excluding hydrogens is 332 g/mol. The Morgan fingerprint density at radius 1 is 1.33 bits per heavy atom. The molecule has 24 heavy (non-hydrogen) atoms. The van der Waals surface area contributed by atoms with Gasteiger partial charge < -0.3 is 10.4 Å². The van der Waals surface area contributed by atoms with E-state index >= 15 is 0 Å². The fraction of sp³-hybridized carbons (Fsp3) is 0.375. The second-order valence-corrected chi connectivity index (χ2v) is 6.72. The van der Waals surface area contributed by atoms with Crippen LogP contribution in [-0.4, -0.2) is 37.3 Å². The highest BCUT2D eigenvalue weighted by Gasteiger charge is 2.34. The molecule has 0 radical (unpaired) electrons. The molecule has 1 aliphatic rings. The Bertz CT molecular complexity index is 811. The summed E-state index contributed by atoms with van der Waals surface area (Å²) in [6.07, 6.45) is 1.95. The lowest BCUT2D eigenvalue weighted by molar-refractivity contribution is -0.143. The third-order valence-corrected chi connectivity index (χ3v) is 4.14. The number of hydrogen-bond donors (Lipinski definition) is 2. The minimum Gasteiger partial charge on any atom is -0.480 e. The minimum absolute atomic E-state index is 0.0638. The number of benzene rings is 1. The third-order valence-electron chi connectivity index (χ3n) is 3.82. The van der Waals surface area contributed by atoms with Gasteiger partial charge in [0.15, 0.2) is 0 Å². The number of aromatic nitrogens is 3. The van der Waals surface area contributed by atoms with Crippen molar-refractivity contribution in [3.05, 3.63) is 40.9 Å². The van der Waals surface area contributed by atoms with Crippen molar-refractivity contribution < 1.29 is 14.7 Å². The maximum absolute atomic E-state index is 12.3. The Morgan fingerprint density at radius 3 is 2.58 bits per heavy atom. The Hall–Kier alpha value is -2.41. The van der Waals surface area contributed by atoms with Gasteiger partial charge in [-0.1, -0.05) is 23.7 Å². The van der Waals surface area contributed by atoms with Gasteiger partial charge in [-0.05, 0) is 38.8 Å². The van der Waals surface area contributed by atoms with Crippen molar-refractivity contribution in [3.63, 3.8) is 0 Å². The van der Waals surface area contributed by atoms with Crippen LogP contribution in [-0.2, 0) is 4.79 Å². The van der Waals surface area contributed by atoms with Crippen LogP contribution in [0.4, 0.5) is 0 Å². The minimum atomic E-state index is -1.41. The zero-order chi connectivity index (χ0) is 17.5. The summed E-state index contributed by atoms with van der Waals surface area (Å²) in [6, 6.07) is 7.17. The normalized spacial score (nSPS) is 14.5. The first-order chi connectivity index (χ1) is 11.3. The third kappa shape index (κ3) is 3.12. The summed E-state index contributed by atoms with van der Waals surface area (Å²) >= 11 is 6.23. The molecule has 0 atom stereocenters. The number of carboxylic acids is 1. The molecule has 1 saturated carbocycles. The van der Waals surface area contributed by atoms with Crippen LogP contribution in [0.5, 0.6) is 0 Å². The fourth-order valence-corrected chi connectivity index (χ4v) is 2.44. The van der Waals surface area contributed by atoms with Crippen LogP contribution in [0, 0.1) is 0 Å². The van der Waals surface area contributed by atoms with E-state index in [4.69, 9.17) is 16.7 Å². The van der Waals surface area contributed by atoms with Crippen LogP contribution in [0.1, 0.15) is 49.1 Å². The summed E-state index contributed by atoms with van der Waals surface area (Å²) in [5.74, 6) is -0.922. The predicted molar refractivity (Wildman–Crippen MR) is 87.5 cm³/mol. The van der Waals surface area contributed by atoms with E-state index in [1.807, 2.05) is 12.1 Å². The van der Waals surface area contributed by atoms with E-state index in [9.17, 15) is 9.59 Å². The highest BCUT2D eigenvalue weighted by atomic mass is 35.5. The number of carbonyl (C=O) groups is 2. The number of hydrogen-bond acceptors (Lipinski definition) is 4. The second kappa shape index (κ2) is 5.90. The van der Waals surface area contributed by atoms with Crippen LogP contribution >= 0.6 is 11.6 Å².